The molecule has 5 nitrogen and oxygen atoms in total. The first-order valence-electron chi connectivity index (χ1n) is 10.0. The zero-order chi connectivity index (χ0) is 20.7. The van der Waals surface area contributed by atoms with Gasteiger partial charge in [0.2, 0.25) is 0 Å². The van der Waals surface area contributed by atoms with E-state index in [2.05, 4.69) is 57.6 Å². The molecule has 1 atom stereocenters. The molecule has 1 aliphatic heterocycles. The van der Waals surface area contributed by atoms with Crippen molar-refractivity contribution in [3.63, 3.8) is 0 Å². The van der Waals surface area contributed by atoms with Crippen LogP contribution in [0.2, 0.25) is 0 Å². The van der Waals surface area contributed by atoms with Crippen LogP contribution in [0.25, 0.3) is 10.8 Å². The Labute approximate surface area is 171 Å². The van der Waals surface area contributed by atoms with Crippen LogP contribution in [0.1, 0.15) is 29.8 Å². The van der Waals surface area contributed by atoms with Crippen molar-refractivity contribution in [2.24, 2.45) is 0 Å². The van der Waals surface area contributed by atoms with E-state index in [9.17, 15) is 4.39 Å². The zero-order valence-corrected chi connectivity index (χ0v) is 17.7. The molecule has 6 heteroatoms. The molecule has 2 heterocycles. The largest absolute Gasteiger partial charge is 0.368 e. The molecule has 1 aromatic heterocycles. The van der Waals surface area contributed by atoms with Crippen molar-refractivity contribution in [2.45, 2.75) is 32.9 Å². The van der Waals surface area contributed by atoms with Gasteiger partial charge in [0.25, 0.3) is 0 Å². The van der Waals surface area contributed by atoms with Crippen LogP contribution >= 0.6 is 0 Å². The van der Waals surface area contributed by atoms with Crippen LogP contribution < -0.4 is 10.2 Å². The van der Waals surface area contributed by atoms with Crippen LogP contribution in [0.4, 0.5) is 15.9 Å². The van der Waals surface area contributed by atoms with E-state index in [4.69, 9.17) is 0 Å². The molecule has 29 heavy (non-hydrogen) atoms. The van der Waals surface area contributed by atoms with E-state index in [0.717, 1.165) is 29.6 Å². The minimum Gasteiger partial charge on any atom is -0.368 e. The Morgan fingerprint density at radius 2 is 1.86 bits per heavy atom. The average molecular weight is 394 g/mol. The summed E-state index contributed by atoms with van der Waals surface area (Å²) in [7, 11) is 4.24. The average Bonchev–Trinajstić information content (AvgIpc) is 2.64. The van der Waals surface area contributed by atoms with E-state index in [0.29, 0.717) is 23.0 Å². The van der Waals surface area contributed by atoms with Crippen LogP contribution in [-0.4, -0.2) is 48.3 Å². The number of benzene rings is 2. The van der Waals surface area contributed by atoms with Crippen molar-refractivity contribution in [1.82, 2.24) is 15.1 Å². The Hall–Kier alpha value is -2.73. The maximum Gasteiger partial charge on any atom is 0.157 e. The van der Waals surface area contributed by atoms with Crippen molar-refractivity contribution >= 4 is 22.3 Å². The van der Waals surface area contributed by atoms with E-state index >= 15 is 0 Å². The number of fused-ring (bicyclic) bond motifs is 1. The lowest BCUT2D eigenvalue weighted by Crippen LogP contribution is -2.57. The molecule has 152 valence electrons. The topological polar surface area (TPSA) is 44.3 Å². The highest BCUT2D eigenvalue weighted by Crippen LogP contribution is 2.32. The van der Waals surface area contributed by atoms with Gasteiger partial charge in [-0.05, 0) is 52.6 Å². The third-order valence-corrected chi connectivity index (χ3v) is 5.95. The molecule has 0 aliphatic carbocycles. The number of nitrogens with one attached hydrogen (secondary N) is 1. The molecule has 0 radical (unpaired) electrons. The Morgan fingerprint density at radius 3 is 2.59 bits per heavy atom. The van der Waals surface area contributed by atoms with Gasteiger partial charge < -0.3 is 15.1 Å². The Kier molecular flexibility index (Phi) is 5.13. The lowest BCUT2D eigenvalue weighted by atomic mass is 10.0. The van der Waals surface area contributed by atoms with Gasteiger partial charge >= 0.3 is 0 Å². The van der Waals surface area contributed by atoms with Gasteiger partial charge in [-0.1, -0.05) is 24.3 Å². The summed E-state index contributed by atoms with van der Waals surface area (Å²) in [4.78, 5) is 4.63. The van der Waals surface area contributed by atoms with Crippen molar-refractivity contribution in [2.75, 3.05) is 37.4 Å². The summed E-state index contributed by atoms with van der Waals surface area (Å²) in [6.07, 6.45) is 0. The molecule has 0 unspecified atom stereocenters. The molecule has 1 saturated heterocycles. The number of hydrogen-bond acceptors (Lipinski definition) is 5. The lowest BCUT2D eigenvalue weighted by Gasteiger charge is -2.44. The molecule has 3 aromatic rings. The number of aromatic nitrogens is 2. The van der Waals surface area contributed by atoms with Crippen LogP contribution in [0.15, 0.2) is 36.4 Å². The van der Waals surface area contributed by atoms with E-state index in [1.165, 1.54) is 5.69 Å². The number of nitrogens with zero attached hydrogens (tertiary/aromatic N) is 4. The first-order valence-corrected chi connectivity index (χ1v) is 10.0. The minimum absolute atomic E-state index is 0.173. The summed E-state index contributed by atoms with van der Waals surface area (Å²) in [5.41, 5.74) is 3.35. The van der Waals surface area contributed by atoms with Crippen LogP contribution in [0.5, 0.6) is 0 Å². The predicted octanol–water partition coefficient (Wildman–Crippen LogP) is 4.31. The molecule has 1 N–H and O–H groups in total. The fraction of sp³-hybridized carbons (Fsp3) is 0.391. The third-order valence-electron chi connectivity index (χ3n) is 5.95. The van der Waals surface area contributed by atoms with Gasteiger partial charge in [-0.25, -0.2) is 4.39 Å². The molecule has 1 fully saturated rings. The normalized spacial score (nSPS) is 15.6. The first kappa shape index (κ1) is 19.6. The highest BCUT2D eigenvalue weighted by molar-refractivity contribution is 5.95. The van der Waals surface area contributed by atoms with Gasteiger partial charge in [0, 0.05) is 41.2 Å². The van der Waals surface area contributed by atoms with Crippen molar-refractivity contribution in [3.8, 4) is 0 Å². The van der Waals surface area contributed by atoms with Crippen molar-refractivity contribution < 1.29 is 4.39 Å². The van der Waals surface area contributed by atoms with Crippen LogP contribution in [-0.2, 0) is 0 Å². The molecule has 1 aliphatic rings. The van der Waals surface area contributed by atoms with Gasteiger partial charge in [-0.15, -0.1) is 5.10 Å². The molecule has 0 spiro atoms. The summed E-state index contributed by atoms with van der Waals surface area (Å²) in [6, 6.07) is 12.3. The number of rotatable bonds is 5. The molecular formula is C23H28FN5. The zero-order valence-electron chi connectivity index (χ0n) is 17.7. The fourth-order valence-electron chi connectivity index (χ4n) is 3.86. The highest BCUT2D eigenvalue weighted by Gasteiger charge is 2.28. The predicted molar refractivity (Wildman–Crippen MR) is 117 cm³/mol. The van der Waals surface area contributed by atoms with Crippen molar-refractivity contribution in [1.29, 1.82) is 0 Å². The molecule has 0 amide bonds. The van der Waals surface area contributed by atoms with Gasteiger partial charge in [0.1, 0.15) is 5.82 Å². The summed E-state index contributed by atoms with van der Waals surface area (Å²) >= 11 is 0. The maximum atomic E-state index is 14.6. The summed E-state index contributed by atoms with van der Waals surface area (Å²) in [5, 5.41) is 14.2. The molecule has 4 rings (SSSR count). The monoisotopic (exact) mass is 393 g/mol. The minimum atomic E-state index is -0.221. The Bertz CT molecular complexity index is 1040. The Morgan fingerprint density at radius 1 is 1.10 bits per heavy atom. The molecular weight excluding hydrogens is 365 g/mol. The van der Waals surface area contributed by atoms with Gasteiger partial charge in [-0.2, -0.15) is 5.10 Å². The third kappa shape index (κ3) is 3.65. The second kappa shape index (κ2) is 7.59. The fourth-order valence-corrected chi connectivity index (χ4v) is 3.86. The lowest BCUT2D eigenvalue weighted by molar-refractivity contribution is 0.247. The van der Waals surface area contributed by atoms with E-state index in [-0.39, 0.29) is 11.9 Å². The summed E-state index contributed by atoms with van der Waals surface area (Å²) in [5.74, 6) is 0.512. The first-order chi connectivity index (χ1) is 13.8. The number of aryl methyl sites for hydroxylation is 2. The smallest absolute Gasteiger partial charge is 0.157 e. The number of hydrogen-bond donors (Lipinski definition) is 1. The summed E-state index contributed by atoms with van der Waals surface area (Å²) < 4.78 is 14.6. The molecule has 0 saturated carbocycles. The highest BCUT2D eigenvalue weighted by atomic mass is 19.1. The Balaban J connectivity index is 1.66. The summed E-state index contributed by atoms with van der Waals surface area (Å²) in [6.45, 7) is 7.74. The quantitative estimate of drug-likeness (QED) is 0.700. The van der Waals surface area contributed by atoms with Gasteiger partial charge in [0.15, 0.2) is 5.82 Å². The van der Waals surface area contributed by atoms with E-state index < -0.39 is 0 Å². The number of likely N-dealkylation sites (N-methyl/N-ethyl adjacent to an activating group) is 1. The van der Waals surface area contributed by atoms with E-state index in [1.54, 1.807) is 13.0 Å². The maximum absolute atomic E-state index is 14.6. The standard InChI is InChI=1S/C23H28FN5/c1-14-7-6-8-20(22(14)24)15(2)25-23-21-11-17(29-12-18(13-29)28(4)5)9-10-19(21)16(3)26-27-23/h6-11,15,18H,12-13H2,1-5H3,(H,25,27)/t15-/m1/s1. The SMILES string of the molecule is Cc1cccc([C@@H](C)Nc2nnc(C)c3ccc(N4CC(N(C)C)C4)cc23)c1F. The van der Waals surface area contributed by atoms with Crippen molar-refractivity contribution in [3.05, 3.63) is 59.0 Å². The van der Waals surface area contributed by atoms with Crippen LogP contribution in [0.3, 0.4) is 0 Å². The van der Waals surface area contributed by atoms with Gasteiger partial charge in [-0.3, -0.25) is 0 Å². The number of halogens is 1. The molecule has 0 bridgehead atoms. The van der Waals surface area contributed by atoms with Gasteiger partial charge in [0.05, 0.1) is 11.7 Å². The molecule has 2 aromatic carbocycles. The number of anilines is 2. The second-order valence-electron chi connectivity index (χ2n) is 8.23. The van der Waals surface area contributed by atoms with Crippen LogP contribution in [0, 0.1) is 19.7 Å². The van der Waals surface area contributed by atoms with E-state index in [1.807, 2.05) is 26.0 Å². The second-order valence-corrected chi connectivity index (χ2v) is 8.23.